The first-order valence-electron chi connectivity index (χ1n) is 7.69. The predicted molar refractivity (Wildman–Crippen MR) is 91.3 cm³/mol. The molecule has 2 aliphatic heterocycles. The van der Waals surface area contributed by atoms with Gasteiger partial charge < -0.3 is 15.2 Å². The van der Waals surface area contributed by atoms with E-state index in [2.05, 4.69) is 17.9 Å². The summed E-state index contributed by atoms with van der Waals surface area (Å²) in [6, 6.07) is 4.30. The van der Waals surface area contributed by atoms with Gasteiger partial charge in [-0.25, -0.2) is 0 Å². The summed E-state index contributed by atoms with van der Waals surface area (Å²) in [5, 5.41) is 0.642. The summed E-state index contributed by atoms with van der Waals surface area (Å²) < 4.78 is 11.2. The molecular formula is C16H24Cl2N2O2. The van der Waals surface area contributed by atoms with Gasteiger partial charge in [-0.15, -0.1) is 12.4 Å². The molecule has 4 nitrogen and oxygen atoms in total. The van der Waals surface area contributed by atoms with Crippen LogP contribution in [-0.2, 0) is 6.54 Å². The maximum atomic E-state index is 6.30. The van der Waals surface area contributed by atoms with Crippen molar-refractivity contribution in [3.8, 4) is 11.5 Å². The number of hydrogen-bond donors (Lipinski definition) is 1. The molecule has 124 valence electrons. The van der Waals surface area contributed by atoms with Crippen molar-refractivity contribution in [1.29, 1.82) is 0 Å². The topological polar surface area (TPSA) is 47.7 Å². The van der Waals surface area contributed by atoms with E-state index >= 15 is 0 Å². The number of ether oxygens (including phenoxy) is 2. The minimum Gasteiger partial charge on any atom is -0.486 e. The fraction of sp³-hybridized carbons (Fsp3) is 0.625. The molecule has 2 atom stereocenters. The number of piperidine rings is 1. The van der Waals surface area contributed by atoms with Crippen LogP contribution in [0.3, 0.4) is 0 Å². The van der Waals surface area contributed by atoms with Crippen molar-refractivity contribution >= 4 is 24.0 Å². The van der Waals surface area contributed by atoms with E-state index in [1.54, 1.807) is 0 Å². The Morgan fingerprint density at radius 3 is 2.91 bits per heavy atom. The molecule has 0 bridgehead atoms. The Morgan fingerprint density at radius 1 is 1.36 bits per heavy atom. The molecular weight excluding hydrogens is 323 g/mol. The Bertz CT molecular complexity index is 511. The van der Waals surface area contributed by atoms with E-state index in [9.17, 15) is 0 Å². The minimum absolute atomic E-state index is 0. The van der Waals surface area contributed by atoms with Crippen LogP contribution in [0.1, 0.15) is 25.3 Å². The molecule has 0 spiro atoms. The fourth-order valence-corrected chi connectivity index (χ4v) is 3.47. The van der Waals surface area contributed by atoms with E-state index in [0.717, 1.165) is 25.4 Å². The van der Waals surface area contributed by atoms with Gasteiger partial charge in [0.25, 0.3) is 0 Å². The number of hydrogen-bond acceptors (Lipinski definition) is 4. The predicted octanol–water partition coefficient (Wildman–Crippen LogP) is 3.09. The van der Waals surface area contributed by atoms with Gasteiger partial charge in [0.2, 0.25) is 0 Å². The summed E-state index contributed by atoms with van der Waals surface area (Å²) in [5.41, 5.74) is 7.23. The monoisotopic (exact) mass is 346 g/mol. The van der Waals surface area contributed by atoms with Crippen LogP contribution in [0.15, 0.2) is 12.1 Å². The van der Waals surface area contributed by atoms with Gasteiger partial charge in [-0.1, -0.05) is 11.6 Å². The third-order valence-electron chi connectivity index (χ3n) is 4.35. The first-order valence-corrected chi connectivity index (χ1v) is 8.07. The highest BCUT2D eigenvalue weighted by molar-refractivity contribution is 6.32. The van der Waals surface area contributed by atoms with Crippen LogP contribution in [0.2, 0.25) is 5.02 Å². The van der Waals surface area contributed by atoms with Crippen molar-refractivity contribution in [3.05, 3.63) is 22.7 Å². The van der Waals surface area contributed by atoms with Crippen LogP contribution in [-0.4, -0.2) is 37.2 Å². The van der Waals surface area contributed by atoms with Crippen LogP contribution in [0.25, 0.3) is 0 Å². The molecule has 2 aliphatic rings. The molecule has 6 heteroatoms. The Kier molecular flexibility index (Phi) is 6.21. The lowest BCUT2D eigenvalue weighted by atomic mass is 9.92. The molecule has 2 heterocycles. The molecule has 1 saturated heterocycles. The molecule has 0 aromatic heterocycles. The smallest absolute Gasteiger partial charge is 0.179 e. The zero-order chi connectivity index (χ0) is 14.8. The summed E-state index contributed by atoms with van der Waals surface area (Å²) in [6.07, 6.45) is 2.44. The van der Waals surface area contributed by atoms with E-state index in [0.29, 0.717) is 29.9 Å². The Labute approximate surface area is 143 Å². The van der Waals surface area contributed by atoms with Crippen molar-refractivity contribution in [2.24, 2.45) is 11.7 Å². The summed E-state index contributed by atoms with van der Waals surface area (Å²) in [6.45, 7) is 6.32. The Balaban J connectivity index is 0.00000176. The third kappa shape index (κ3) is 3.99. The zero-order valence-electron chi connectivity index (χ0n) is 12.9. The van der Waals surface area contributed by atoms with E-state index in [4.69, 9.17) is 26.8 Å². The molecule has 0 radical (unpaired) electrons. The number of nitrogens with zero attached hydrogens (tertiary/aromatic N) is 1. The lowest BCUT2D eigenvalue weighted by Gasteiger charge is -2.34. The standard InChI is InChI=1S/C16H23ClN2O2.ClH/c1-11(18)13-3-2-4-19(10-13)9-12-7-14(17)16-15(8-12)20-5-6-21-16;/h7-8,11,13H,2-6,9-10,18H2,1H3;1H. The Hall–Kier alpha value is -0.680. The van der Waals surface area contributed by atoms with Gasteiger partial charge in [0, 0.05) is 19.1 Å². The van der Waals surface area contributed by atoms with Crippen molar-refractivity contribution in [2.45, 2.75) is 32.4 Å². The maximum Gasteiger partial charge on any atom is 0.179 e. The summed E-state index contributed by atoms with van der Waals surface area (Å²) >= 11 is 6.30. The molecule has 22 heavy (non-hydrogen) atoms. The summed E-state index contributed by atoms with van der Waals surface area (Å²) in [4.78, 5) is 2.46. The normalized spacial score (nSPS) is 22.8. The molecule has 0 amide bonds. The van der Waals surface area contributed by atoms with Gasteiger partial charge >= 0.3 is 0 Å². The van der Waals surface area contributed by atoms with Gasteiger partial charge in [0.15, 0.2) is 11.5 Å². The van der Waals surface area contributed by atoms with Gasteiger partial charge in [-0.3, -0.25) is 4.90 Å². The van der Waals surface area contributed by atoms with Crippen molar-refractivity contribution in [1.82, 2.24) is 4.90 Å². The molecule has 3 rings (SSSR count). The maximum absolute atomic E-state index is 6.30. The van der Waals surface area contributed by atoms with Crippen molar-refractivity contribution in [2.75, 3.05) is 26.3 Å². The second-order valence-electron chi connectivity index (χ2n) is 6.10. The second-order valence-corrected chi connectivity index (χ2v) is 6.51. The van der Waals surface area contributed by atoms with Crippen LogP contribution >= 0.6 is 24.0 Å². The van der Waals surface area contributed by atoms with E-state index in [-0.39, 0.29) is 18.4 Å². The first-order chi connectivity index (χ1) is 10.1. The third-order valence-corrected chi connectivity index (χ3v) is 4.63. The summed E-state index contributed by atoms with van der Waals surface area (Å²) in [7, 11) is 0. The Morgan fingerprint density at radius 2 is 2.14 bits per heavy atom. The largest absolute Gasteiger partial charge is 0.486 e. The molecule has 2 unspecified atom stereocenters. The molecule has 1 aromatic rings. The molecule has 2 N–H and O–H groups in total. The van der Waals surface area contributed by atoms with Gasteiger partial charge in [-0.2, -0.15) is 0 Å². The van der Waals surface area contributed by atoms with Gasteiger partial charge in [0.05, 0.1) is 5.02 Å². The number of benzene rings is 1. The lowest BCUT2D eigenvalue weighted by Crippen LogP contribution is -2.41. The second kappa shape index (κ2) is 7.73. The van der Waals surface area contributed by atoms with Crippen LogP contribution in [0.5, 0.6) is 11.5 Å². The highest BCUT2D eigenvalue weighted by Crippen LogP contribution is 2.38. The number of nitrogens with two attached hydrogens (primary N) is 1. The summed E-state index contributed by atoms with van der Waals surface area (Å²) in [5.74, 6) is 2.04. The van der Waals surface area contributed by atoms with E-state index in [1.165, 1.54) is 18.4 Å². The zero-order valence-corrected chi connectivity index (χ0v) is 14.5. The lowest BCUT2D eigenvalue weighted by molar-refractivity contribution is 0.153. The van der Waals surface area contributed by atoms with Crippen LogP contribution in [0, 0.1) is 5.92 Å². The fourth-order valence-electron chi connectivity index (χ4n) is 3.18. The van der Waals surface area contributed by atoms with Crippen molar-refractivity contribution in [3.63, 3.8) is 0 Å². The van der Waals surface area contributed by atoms with Gasteiger partial charge in [-0.05, 0) is 49.9 Å². The number of halogens is 2. The highest BCUT2D eigenvalue weighted by atomic mass is 35.5. The number of fused-ring (bicyclic) bond motifs is 1. The number of rotatable bonds is 3. The SMILES string of the molecule is CC(N)C1CCCN(Cc2cc(Cl)c3c(c2)OCCO3)C1.Cl. The average molecular weight is 347 g/mol. The quantitative estimate of drug-likeness (QED) is 0.913. The van der Waals surface area contributed by atoms with E-state index in [1.807, 2.05) is 6.07 Å². The average Bonchev–Trinajstić information content (AvgIpc) is 2.47. The van der Waals surface area contributed by atoms with Gasteiger partial charge in [0.1, 0.15) is 13.2 Å². The highest BCUT2D eigenvalue weighted by Gasteiger charge is 2.23. The minimum atomic E-state index is 0. The van der Waals surface area contributed by atoms with Crippen LogP contribution in [0.4, 0.5) is 0 Å². The molecule has 1 aromatic carbocycles. The van der Waals surface area contributed by atoms with E-state index < -0.39 is 0 Å². The molecule has 1 fully saturated rings. The molecule has 0 saturated carbocycles. The number of likely N-dealkylation sites (tertiary alicyclic amines) is 1. The molecule has 0 aliphatic carbocycles. The van der Waals surface area contributed by atoms with Crippen LogP contribution < -0.4 is 15.2 Å². The van der Waals surface area contributed by atoms with Crippen molar-refractivity contribution < 1.29 is 9.47 Å². The first kappa shape index (κ1) is 17.7.